The number of anilines is 1. The molecule has 0 heterocycles. The van der Waals surface area contributed by atoms with E-state index in [-0.39, 0.29) is 18.5 Å². The van der Waals surface area contributed by atoms with Gasteiger partial charge in [0.2, 0.25) is 5.91 Å². The van der Waals surface area contributed by atoms with E-state index in [9.17, 15) is 13.6 Å². The molecule has 0 radical (unpaired) electrons. The molecule has 2 rings (SSSR count). The Morgan fingerprint density at radius 1 is 1.09 bits per heavy atom. The quantitative estimate of drug-likeness (QED) is 0.878. The average Bonchev–Trinajstić information content (AvgIpc) is 2.54. The first-order valence-electron chi connectivity index (χ1n) is 7.49. The average molecular weight is 318 g/mol. The fourth-order valence-corrected chi connectivity index (χ4v) is 2.22. The van der Waals surface area contributed by atoms with E-state index in [1.54, 1.807) is 4.90 Å². The lowest BCUT2D eigenvalue weighted by atomic mass is 10.2. The zero-order valence-corrected chi connectivity index (χ0v) is 13.2. The first-order valence-corrected chi connectivity index (χ1v) is 7.49. The van der Waals surface area contributed by atoms with Gasteiger partial charge in [0.15, 0.2) is 11.6 Å². The summed E-state index contributed by atoms with van der Waals surface area (Å²) in [5.74, 6) is -1.95. The highest BCUT2D eigenvalue weighted by Crippen LogP contribution is 2.14. The van der Waals surface area contributed by atoms with Crippen molar-refractivity contribution in [1.82, 2.24) is 4.90 Å². The first-order chi connectivity index (χ1) is 11.0. The van der Waals surface area contributed by atoms with Crippen LogP contribution in [0.4, 0.5) is 14.5 Å². The third kappa shape index (κ3) is 4.77. The molecule has 0 fully saturated rings. The molecule has 1 amide bonds. The fourth-order valence-electron chi connectivity index (χ4n) is 2.22. The predicted molar refractivity (Wildman–Crippen MR) is 87.0 cm³/mol. The van der Waals surface area contributed by atoms with Gasteiger partial charge in [-0.25, -0.2) is 8.78 Å². The Hall–Kier alpha value is -2.43. The van der Waals surface area contributed by atoms with Crippen molar-refractivity contribution < 1.29 is 13.6 Å². The van der Waals surface area contributed by atoms with Crippen LogP contribution >= 0.6 is 0 Å². The number of amides is 1. The molecule has 0 aliphatic heterocycles. The maximum absolute atomic E-state index is 13.2. The summed E-state index contributed by atoms with van der Waals surface area (Å²) in [5.41, 5.74) is 1.42. The molecule has 0 aliphatic carbocycles. The van der Waals surface area contributed by atoms with Gasteiger partial charge in [-0.2, -0.15) is 0 Å². The number of carbonyl (C=O) groups excluding carboxylic acids is 1. The molecule has 0 aliphatic rings. The first kappa shape index (κ1) is 16.9. The molecule has 2 aromatic rings. The van der Waals surface area contributed by atoms with Crippen LogP contribution < -0.4 is 5.32 Å². The van der Waals surface area contributed by atoms with Gasteiger partial charge in [-0.1, -0.05) is 30.3 Å². The monoisotopic (exact) mass is 318 g/mol. The van der Waals surface area contributed by atoms with Gasteiger partial charge in [-0.05, 0) is 31.5 Å². The van der Waals surface area contributed by atoms with Gasteiger partial charge in [-0.15, -0.1) is 0 Å². The minimum atomic E-state index is -0.938. The fraction of sp³-hybridized carbons (Fsp3) is 0.278. The van der Waals surface area contributed by atoms with Gasteiger partial charge in [0, 0.05) is 24.3 Å². The lowest BCUT2D eigenvalue weighted by Gasteiger charge is -2.27. The van der Waals surface area contributed by atoms with Crippen molar-refractivity contribution in [3.05, 3.63) is 65.7 Å². The Kier molecular flexibility index (Phi) is 5.68. The number of nitrogens with one attached hydrogen (secondary N) is 1. The Labute approximate surface area is 134 Å². The van der Waals surface area contributed by atoms with E-state index >= 15 is 0 Å². The van der Waals surface area contributed by atoms with Gasteiger partial charge in [0.1, 0.15) is 0 Å². The number of hydrogen-bond donors (Lipinski definition) is 1. The van der Waals surface area contributed by atoms with E-state index in [4.69, 9.17) is 0 Å². The minimum Gasteiger partial charge on any atom is -0.376 e. The molecular weight excluding hydrogens is 298 g/mol. The Morgan fingerprint density at radius 2 is 1.78 bits per heavy atom. The lowest BCUT2D eigenvalue weighted by Crippen LogP contribution is -2.39. The molecular formula is C18H20F2N2O. The summed E-state index contributed by atoms with van der Waals surface area (Å²) in [7, 11) is 0. The predicted octanol–water partition coefficient (Wildman–Crippen LogP) is 3.81. The molecule has 3 nitrogen and oxygen atoms in total. The second-order valence-corrected chi connectivity index (χ2v) is 5.58. The van der Waals surface area contributed by atoms with E-state index in [0.717, 1.165) is 17.7 Å². The summed E-state index contributed by atoms with van der Waals surface area (Å²) < 4.78 is 26.1. The molecule has 0 saturated heterocycles. The van der Waals surface area contributed by atoms with Gasteiger partial charge in [-0.3, -0.25) is 4.79 Å². The molecule has 0 spiro atoms. The second kappa shape index (κ2) is 7.72. The van der Waals surface area contributed by atoms with E-state index in [1.165, 1.54) is 6.07 Å². The molecule has 0 unspecified atom stereocenters. The summed E-state index contributed by atoms with van der Waals surface area (Å²) in [6.07, 6.45) is 0. The Morgan fingerprint density at radius 3 is 2.39 bits per heavy atom. The third-order valence-electron chi connectivity index (χ3n) is 3.50. The standard InChI is InChI=1S/C18H20F2N2O/c1-13(2)22(12-14-6-4-3-5-7-14)18(23)11-21-15-8-9-16(19)17(20)10-15/h3-10,13,21H,11-12H2,1-2H3. The van der Waals surface area contributed by atoms with Crippen LogP contribution in [0, 0.1) is 11.6 Å². The smallest absolute Gasteiger partial charge is 0.242 e. The van der Waals surface area contributed by atoms with Gasteiger partial charge >= 0.3 is 0 Å². The number of benzene rings is 2. The zero-order valence-electron chi connectivity index (χ0n) is 13.2. The third-order valence-corrected chi connectivity index (χ3v) is 3.50. The van der Waals surface area contributed by atoms with Crippen LogP contribution in [0.5, 0.6) is 0 Å². The van der Waals surface area contributed by atoms with Crippen LogP contribution in [0.25, 0.3) is 0 Å². The summed E-state index contributed by atoms with van der Waals surface area (Å²) in [5, 5.41) is 2.84. The Bertz CT molecular complexity index is 659. The number of halogens is 2. The summed E-state index contributed by atoms with van der Waals surface area (Å²) in [4.78, 5) is 14.1. The molecule has 1 N–H and O–H groups in total. The summed E-state index contributed by atoms with van der Waals surface area (Å²) >= 11 is 0. The van der Waals surface area contributed by atoms with Crippen LogP contribution in [0.15, 0.2) is 48.5 Å². The lowest BCUT2D eigenvalue weighted by molar-refractivity contribution is -0.131. The molecule has 2 aromatic carbocycles. The highest BCUT2D eigenvalue weighted by Gasteiger charge is 2.17. The molecule has 0 atom stereocenters. The molecule has 0 bridgehead atoms. The van der Waals surface area contributed by atoms with Crippen LogP contribution in [-0.2, 0) is 11.3 Å². The van der Waals surface area contributed by atoms with E-state index in [2.05, 4.69) is 5.32 Å². The van der Waals surface area contributed by atoms with Crippen LogP contribution in [0.1, 0.15) is 19.4 Å². The van der Waals surface area contributed by atoms with Crippen molar-refractivity contribution >= 4 is 11.6 Å². The van der Waals surface area contributed by atoms with Crippen molar-refractivity contribution in [3.8, 4) is 0 Å². The number of hydrogen-bond acceptors (Lipinski definition) is 2. The maximum atomic E-state index is 13.2. The number of carbonyl (C=O) groups is 1. The molecule has 5 heteroatoms. The normalized spacial score (nSPS) is 10.7. The van der Waals surface area contributed by atoms with Gasteiger partial charge < -0.3 is 10.2 Å². The Balaban J connectivity index is 1.99. The molecule has 122 valence electrons. The van der Waals surface area contributed by atoms with Crippen LogP contribution in [0.3, 0.4) is 0 Å². The highest BCUT2D eigenvalue weighted by molar-refractivity contribution is 5.81. The number of rotatable bonds is 6. The largest absolute Gasteiger partial charge is 0.376 e. The second-order valence-electron chi connectivity index (χ2n) is 5.58. The minimum absolute atomic E-state index is 0.0239. The van der Waals surface area contributed by atoms with Crippen molar-refractivity contribution in [2.75, 3.05) is 11.9 Å². The SMILES string of the molecule is CC(C)N(Cc1ccccc1)C(=O)CNc1ccc(F)c(F)c1. The zero-order chi connectivity index (χ0) is 16.8. The van der Waals surface area contributed by atoms with Crippen molar-refractivity contribution in [2.45, 2.75) is 26.4 Å². The van der Waals surface area contributed by atoms with Gasteiger partial charge in [0.05, 0.1) is 6.54 Å². The van der Waals surface area contributed by atoms with Crippen LogP contribution in [-0.4, -0.2) is 23.4 Å². The van der Waals surface area contributed by atoms with Gasteiger partial charge in [0.25, 0.3) is 0 Å². The highest BCUT2D eigenvalue weighted by atomic mass is 19.2. The van der Waals surface area contributed by atoms with Crippen molar-refractivity contribution in [2.24, 2.45) is 0 Å². The van der Waals surface area contributed by atoms with Crippen LogP contribution in [0.2, 0.25) is 0 Å². The van der Waals surface area contributed by atoms with Crippen molar-refractivity contribution in [1.29, 1.82) is 0 Å². The number of nitrogens with zero attached hydrogens (tertiary/aromatic N) is 1. The van der Waals surface area contributed by atoms with E-state index in [0.29, 0.717) is 12.2 Å². The van der Waals surface area contributed by atoms with Crippen molar-refractivity contribution in [3.63, 3.8) is 0 Å². The molecule has 0 aromatic heterocycles. The summed E-state index contributed by atoms with van der Waals surface area (Å²) in [6, 6.07) is 13.2. The van der Waals surface area contributed by atoms with E-state index in [1.807, 2.05) is 44.2 Å². The molecule has 0 saturated carbocycles. The molecule has 23 heavy (non-hydrogen) atoms. The summed E-state index contributed by atoms with van der Waals surface area (Å²) in [6.45, 7) is 4.42. The topological polar surface area (TPSA) is 32.3 Å². The maximum Gasteiger partial charge on any atom is 0.242 e. The van der Waals surface area contributed by atoms with E-state index < -0.39 is 11.6 Å².